The van der Waals surface area contributed by atoms with Gasteiger partial charge in [-0.2, -0.15) is 0 Å². The highest BCUT2D eigenvalue weighted by Gasteiger charge is 2.65. The Labute approximate surface area is 187 Å². The number of rotatable bonds is 4. The SMILES string of the molecule is C[C@H](NC[C@@H]1C(=O)O[C@@H]2C[C@@]3(C)CCC[C@]4(CO4)[C@@H]3C[C@H]12)[C@H]1[C@H]2CC[C@@H]3C[C@@H](C2)C[C@H]31. The molecule has 0 unspecified atom stereocenters. The molecule has 12 atom stereocenters. The Morgan fingerprint density at radius 3 is 2.74 bits per heavy atom. The summed E-state index contributed by atoms with van der Waals surface area (Å²) in [7, 11) is 0. The molecule has 5 aliphatic carbocycles. The second-order valence-corrected chi connectivity index (χ2v) is 13.2. The molecule has 7 rings (SSSR count). The van der Waals surface area contributed by atoms with Gasteiger partial charge in [0.25, 0.3) is 0 Å². The van der Waals surface area contributed by atoms with Crippen LogP contribution < -0.4 is 5.32 Å². The lowest BCUT2D eigenvalue weighted by Gasteiger charge is -2.51. The number of epoxide rings is 1. The van der Waals surface area contributed by atoms with Crippen molar-refractivity contribution < 1.29 is 14.3 Å². The van der Waals surface area contributed by atoms with Crippen LogP contribution in [0.15, 0.2) is 0 Å². The van der Waals surface area contributed by atoms with Crippen molar-refractivity contribution in [3.05, 3.63) is 0 Å². The van der Waals surface area contributed by atoms with Crippen molar-refractivity contribution in [2.24, 2.45) is 52.8 Å². The maximum atomic E-state index is 13.0. The molecule has 172 valence electrons. The largest absolute Gasteiger partial charge is 0.462 e. The average molecular weight is 428 g/mol. The summed E-state index contributed by atoms with van der Waals surface area (Å²) in [6.07, 6.45) is 13.5. The van der Waals surface area contributed by atoms with E-state index >= 15 is 0 Å². The minimum absolute atomic E-state index is 0.0480. The van der Waals surface area contributed by atoms with Crippen molar-refractivity contribution in [2.45, 2.75) is 95.8 Å². The van der Waals surface area contributed by atoms with Crippen molar-refractivity contribution >= 4 is 5.97 Å². The highest BCUT2D eigenvalue weighted by Crippen LogP contribution is 2.63. The lowest BCUT2D eigenvalue weighted by Crippen LogP contribution is -2.52. The van der Waals surface area contributed by atoms with Gasteiger partial charge >= 0.3 is 5.97 Å². The van der Waals surface area contributed by atoms with Gasteiger partial charge in [-0.1, -0.05) is 6.92 Å². The van der Waals surface area contributed by atoms with Crippen molar-refractivity contribution in [3.63, 3.8) is 0 Å². The molecular formula is C27H41NO3. The van der Waals surface area contributed by atoms with Crippen LogP contribution in [0.5, 0.6) is 0 Å². The molecule has 31 heavy (non-hydrogen) atoms. The number of nitrogens with one attached hydrogen (secondary N) is 1. The van der Waals surface area contributed by atoms with E-state index in [-0.39, 0.29) is 23.6 Å². The summed E-state index contributed by atoms with van der Waals surface area (Å²) in [6.45, 7) is 6.64. The molecule has 0 radical (unpaired) electrons. The first-order valence-corrected chi connectivity index (χ1v) is 13.5. The van der Waals surface area contributed by atoms with Crippen molar-refractivity contribution in [1.29, 1.82) is 0 Å². The molecule has 5 saturated carbocycles. The predicted molar refractivity (Wildman–Crippen MR) is 118 cm³/mol. The molecule has 3 bridgehead atoms. The van der Waals surface area contributed by atoms with E-state index in [1.54, 1.807) is 0 Å². The smallest absolute Gasteiger partial charge is 0.310 e. The Morgan fingerprint density at radius 2 is 1.90 bits per heavy atom. The molecule has 0 aromatic carbocycles. The van der Waals surface area contributed by atoms with E-state index in [1.807, 2.05) is 0 Å². The fourth-order valence-electron chi connectivity index (χ4n) is 10.4. The van der Waals surface area contributed by atoms with Crippen LogP contribution in [0.25, 0.3) is 0 Å². The van der Waals surface area contributed by atoms with Gasteiger partial charge in [-0.15, -0.1) is 0 Å². The van der Waals surface area contributed by atoms with Crippen molar-refractivity contribution in [2.75, 3.05) is 13.2 Å². The van der Waals surface area contributed by atoms with Crippen LogP contribution in [0.3, 0.4) is 0 Å². The van der Waals surface area contributed by atoms with E-state index in [4.69, 9.17) is 9.47 Å². The predicted octanol–water partition coefficient (Wildman–Crippen LogP) is 4.56. The third-order valence-electron chi connectivity index (χ3n) is 11.7. The van der Waals surface area contributed by atoms with Gasteiger partial charge in [0.05, 0.1) is 18.1 Å². The van der Waals surface area contributed by atoms with Crippen LogP contribution in [0.2, 0.25) is 0 Å². The molecule has 0 aromatic heterocycles. The molecule has 2 saturated heterocycles. The Hall–Kier alpha value is -0.610. The van der Waals surface area contributed by atoms with Crippen LogP contribution >= 0.6 is 0 Å². The molecule has 4 nitrogen and oxygen atoms in total. The van der Waals surface area contributed by atoms with Crippen LogP contribution in [0.1, 0.15) is 78.1 Å². The number of ether oxygens (including phenoxy) is 2. The quantitative estimate of drug-likeness (QED) is 0.528. The number of carbonyl (C=O) groups is 1. The summed E-state index contributed by atoms with van der Waals surface area (Å²) in [5.74, 6) is 5.88. The minimum Gasteiger partial charge on any atom is -0.462 e. The molecule has 4 heteroatoms. The summed E-state index contributed by atoms with van der Waals surface area (Å²) in [5.41, 5.74) is 0.446. The topological polar surface area (TPSA) is 50.9 Å². The molecule has 0 amide bonds. The second kappa shape index (κ2) is 6.72. The summed E-state index contributed by atoms with van der Waals surface area (Å²) in [4.78, 5) is 13.0. The Kier molecular flexibility index (Phi) is 4.29. The zero-order valence-electron chi connectivity index (χ0n) is 19.5. The monoisotopic (exact) mass is 427 g/mol. The molecule has 2 aliphatic heterocycles. The summed E-state index contributed by atoms with van der Waals surface area (Å²) >= 11 is 0. The van der Waals surface area contributed by atoms with E-state index in [0.29, 0.717) is 23.3 Å². The molecule has 1 N–H and O–H groups in total. The number of fused-ring (bicyclic) bond motifs is 5. The van der Waals surface area contributed by atoms with E-state index in [0.717, 1.165) is 55.6 Å². The third kappa shape index (κ3) is 2.89. The van der Waals surface area contributed by atoms with Gasteiger partial charge in [-0.3, -0.25) is 4.79 Å². The first kappa shape index (κ1) is 19.8. The van der Waals surface area contributed by atoms with Gasteiger partial charge in [0.2, 0.25) is 0 Å². The molecule has 7 fully saturated rings. The van der Waals surface area contributed by atoms with Gasteiger partial charge in [0.1, 0.15) is 6.10 Å². The number of hydrogen-bond acceptors (Lipinski definition) is 4. The van der Waals surface area contributed by atoms with Gasteiger partial charge in [-0.05, 0) is 112 Å². The first-order valence-electron chi connectivity index (χ1n) is 13.5. The highest BCUT2D eigenvalue weighted by atomic mass is 16.6. The summed E-state index contributed by atoms with van der Waals surface area (Å²) < 4.78 is 12.1. The molecule has 0 aromatic rings. The van der Waals surface area contributed by atoms with Crippen molar-refractivity contribution in [1.82, 2.24) is 5.32 Å². The highest BCUT2D eigenvalue weighted by molar-refractivity contribution is 5.75. The Balaban J connectivity index is 1.05. The normalized spacial score (nSPS) is 57.5. The molecule has 7 aliphatic rings. The second-order valence-electron chi connectivity index (χ2n) is 13.2. The fraction of sp³-hybridized carbons (Fsp3) is 0.963. The fourth-order valence-corrected chi connectivity index (χ4v) is 10.4. The van der Waals surface area contributed by atoms with Crippen LogP contribution in [0.4, 0.5) is 0 Å². The van der Waals surface area contributed by atoms with Crippen LogP contribution in [-0.4, -0.2) is 36.9 Å². The van der Waals surface area contributed by atoms with E-state index in [2.05, 4.69) is 19.2 Å². The van der Waals surface area contributed by atoms with Crippen molar-refractivity contribution in [3.8, 4) is 0 Å². The van der Waals surface area contributed by atoms with Crippen LogP contribution in [0, 0.1) is 52.8 Å². The molecule has 1 spiro atoms. The zero-order valence-corrected chi connectivity index (χ0v) is 19.5. The van der Waals surface area contributed by atoms with Gasteiger partial charge in [-0.25, -0.2) is 0 Å². The maximum Gasteiger partial charge on any atom is 0.310 e. The Morgan fingerprint density at radius 1 is 1.10 bits per heavy atom. The summed E-state index contributed by atoms with van der Waals surface area (Å²) in [6, 6.07) is 0.533. The van der Waals surface area contributed by atoms with Gasteiger partial charge < -0.3 is 14.8 Å². The molecule has 2 heterocycles. The summed E-state index contributed by atoms with van der Waals surface area (Å²) in [5, 5.41) is 3.91. The van der Waals surface area contributed by atoms with E-state index < -0.39 is 0 Å². The lowest BCUT2D eigenvalue weighted by molar-refractivity contribution is -0.147. The first-order chi connectivity index (χ1) is 15.0. The number of carbonyl (C=O) groups excluding carboxylic acids is 1. The molecular weight excluding hydrogens is 386 g/mol. The zero-order chi connectivity index (χ0) is 21.0. The Bertz CT molecular complexity index is 764. The van der Waals surface area contributed by atoms with E-state index in [1.165, 1.54) is 51.4 Å². The standard InChI is InChI=1S/C27H41NO3/c1-15(24-18-5-4-17-8-16(9-18)10-19(17)24)28-13-21-20-11-23-26(2,12-22(20)31-25(21)29)6-3-7-27(23)14-30-27/h15-24,28H,3-14H2,1-2H3/t15-,16-,17+,18-,19+,20+,21-,22+,23+,24-,26+,27-/m0/s1. The lowest BCUT2D eigenvalue weighted by atomic mass is 9.53. The van der Waals surface area contributed by atoms with Gasteiger partial charge in [0, 0.05) is 18.5 Å². The minimum atomic E-state index is 0.0480. The van der Waals surface area contributed by atoms with E-state index in [9.17, 15) is 4.79 Å². The van der Waals surface area contributed by atoms with Crippen LogP contribution in [-0.2, 0) is 14.3 Å². The number of esters is 1. The number of hydrogen-bond donors (Lipinski definition) is 1. The third-order valence-corrected chi connectivity index (χ3v) is 11.7. The maximum absolute atomic E-state index is 13.0. The van der Waals surface area contributed by atoms with Gasteiger partial charge in [0.15, 0.2) is 0 Å². The average Bonchev–Trinajstić information content (AvgIpc) is 3.37.